The van der Waals surface area contributed by atoms with E-state index in [2.05, 4.69) is 0 Å². The van der Waals surface area contributed by atoms with Crippen LogP contribution in [0.25, 0.3) is 11.1 Å². The van der Waals surface area contributed by atoms with E-state index in [-0.39, 0.29) is 34.1 Å². The molecule has 0 aromatic heterocycles. The molecule has 0 atom stereocenters. The van der Waals surface area contributed by atoms with Crippen LogP contribution in [0.5, 0.6) is 5.75 Å². The van der Waals surface area contributed by atoms with Crippen LogP contribution in [-0.2, 0) is 19.4 Å². The number of carbonyl (C=O) groups excluding carboxylic acids is 1. The minimum absolute atomic E-state index is 0.00816. The molecule has 2 aromatic carbocycles. The van der Waals surface area contributed by atoms with Crippen molar-refractivity contribution in [1.82, 2.24) is 0 Å². The minimum atomic E-state index is -3.54. The fourth-order valence-corrected chi connectivity index (χ4v) is 4.16. The monoisotopic (exact) mass is 442 g/mol. The average molecular weight is 443 g/mol. The molecule has 5 nitrogen and oxygen atoms in total. The first kappa shape index (κ1) is 23.2. The highest BCUT2D eigenvalue weighted by Crippen LogP contribution is 2.35. The van der Waals surface area contributed by atoms with Crippen molar-refractivity contribution in [2.45, 2.75) is 44.6 Å². The molecule has 0 bridgehead atoms. The van der Waals surface area contributed by atoms with Gasteiger partial charge in [-0.05, 0) is 63.6 Å². The normalized spacial score (nSPS) is 11.9. The second kappa shape index (κ2) is 9.13. The Morgan fingerprint density at radius 1 is 1.10 bits per heavy atom. The largest absolute Gasteiger partial charge is 0.481 e. The first-order valence-electron chi connectivity index (χ1n) is 9.10. The Hall–Kier alpha value is -2.12. The van der Waals surface area contributed by atoms with Gasteiger partial charge in [-0.15, -0.1) is 0 Å². The molecule has 8 heteroatoms. The first-order valence-corrected chi connectivity index (χ1v) is 11.1. The summed E-state index contributed by atoms with van der Waals surface area (Å²) in [7, 11) is -3.54. The van der Waals surface area contributed by atoms with E-state index in [1.165, 1.54) is 30.3 Å². The van der Waals surface area contributed by atoms with Crippen molar-refractivity contribution in [3.8, 4) is 16.9 Å². The van der Waals surface area contributed by atoms with Crippen molar-refractivity contribution in [1.29, 1.82) is 0 Å². The van der Waals surface area contributed by atoms with Crippen LogP contribution in [-0.4, -0.2) is 32.3 Å². The molecule has 0 unspecified atom stereocenters. The molecule has 0 aliphatic carbocycles. The van der Waals surface area contributed by atoms with E-state index in [1.807, 2.05) is 0 Å². The molecule has 0 fully saturated rings. The zero-order valence-electron chi connectivity index (χ0n) is 16.8. The second-order valence-corrected chi connectivity index (χ2v) is 10.0. The molecule has 0 aliphatic rings. The molecule has 0 N–H and O–H groups in total. The van der Waals surface area contributed by atoms with Crippen LogP contribution in [0.3, 0.4) is 0 Å². The quantitative estimate of drug-likeness (QED) is 0.443. The van der Waals surface area contributed by atoms with Crippen LogP contribution in [0.15, 0.2) is 41.3 Å². The number of hydrogen-bond donors (Lipinski definition) is 0. The topological polar surface area (TPSA) is 69.7 Å². The van der Waals surface area contributed by atoms with Crippen molar-refractivity contribution in [3.05, 3.63) is 47.2 Å². The summed E-state index contributed by atoms with van der Waals surface area (Å²) in [6.45, 7) is 6.56. The Labute approximate surface area is 175 Å². The van der Waals surface area contributed by atoms with Gasteiger partial charge >= 0.3 is 5.97 Å². The van der Waals surface area contributed by atoms with Crippen LogP contribution in [0.4, 0.5) is 4.39 Å². The molecular weight excluding hydrogens is 419 g/mol. The highest BCUT2D eigenvalue weighted by atomic mass is 35.5. The van der Waals surface area contributed by atoms with Gasteiger partial charge in [-0.25, -0.2) is 17.6 Å². The number of halogens is 2. The molecule has 0 heterocycles. The highest BCUT2D eigenvalue weighted by Gasteiger charge is 2.20. The number of ether oxygens (including phenoxy) is 2. The van der Waals surface area contributed by atoms with E-state index in [0.717, 1.165) is 6.07 Å². The maximum absolute atomic E-state index is 14.6. The Morgan fingerprint density at radius 2 is 1.79 bits per heavy atom. The maximum Gasteiger partial charge on any atom is 0.344 e. The van der Waals surface area contributed by atoms with Crippen molar-refractivity contribution in [3.63, 3.8) is 0 Å². The maximum atomic E-state index is 14.6. The molecule has 0 saturated heterocycles. The predicted octanol–water partition coefficient (Wildman–Crippen LogP) is 5.05. The molecule has 158 valence electrons. The minimum Gasteiger partial charge on any atom is -0.481 e. The van der Waals surface area contributed by atoms with Gasteiger partial charge < -0.3 is 9.47 Å². The molecule has 2 aromatic rings. The molecule has 2 rings (SSSR count). The average Bonchev–Trinajstić information content (AvgIpc) is 2.59. The van der Waals surface area contributed by atoms with Gasteiger partial charge in [-0.2, -0.15) is 0 Å². The van der Waals surface area contributed by atoms with Gasteiger partial charge in [0.1, 0.15) is 17.2 Å². The van der Waals surface area contributed by atoms with Gasteiger partial charge in [-0.3, -0.25) is 0 Å². The van der Waals surface area contributed by atoms with E-state index in [1.54, 1.807) is 27.7 Å². The molecule has 0 spiro atoms. The van der Waals surface area contributed by atoms with E-state index in [4.69, 9.17) is 21.1 Å². The summed E-state index contributed by atoms with van der Waals surface area (Å²) in [5, 5.41) is 0.311. The smallest absolute Gasteiger partial charge is 0.344 e. The zero-order chi connectivity index (χ0) is 21.8. The third-order valence-electron chi connectivity index (χ3n) is 3.77. The SMILES string of the molecule is CCCS(=O)(=O)c1ccc(F)c(-c2cc(Cl)ccc2OCC(=O)OC(C)(C)C)c1. The molecular formula is C21H24ClFO5S. The lowest BCUT2D eigenvalue weighted by Crippen LogP contribution is -2.27. The van der Waals surface area contributed by atoms with Crippen molar-refractivity contribution < 1.29 is 27.1 Å². The highest BCUT2D eigenvalue weighted by molar-refractivity contribution is 7.91. The number of rotatable bonds is 7. The molecule has 0 aliphatic heterocycles. The van der Waals surface area contributed by atoms with E-state index >= 15 is 0 Å². The second-order valence-electron chi connectivity index (χ2n) is 7.48. The Morgan fingerprint density at radius 3 is 2.41 bits per heavy atom. The fraction of sp³-hybridized carbons (Fsp3) is 0.381. The van der Waals surface area contributed by atoms with Crippen LogP contribution in [0.1, 0.15) is 34.1 Å². The predicted molar refractivity (Wildman–Crippen MR) is 111 cm³/mol. The molecule has 0 saturated carbocycles. The summed E-state index contributed by atoms with van der Waals surface area (Å²) in [5.74, 6) is -1.08. The van der Waals surface area contributed by atoms with E-state index < -0.39 is 27.2 Å². The molecule has 0 radical (unpaired) electrons. The third kappa shape index (κ3) is 6.44. The van der Waals surface area contributed by atoms with Gasteiger partial charge in [0.2, 0.25) is 0 Å². The van der Waals surface area contributed by atoms with E-state index in [9.17, 15) is 17.6 Å². The van der Waals surface area contributed by atoms with Crippen molar-refractivity contribution in [2.24, 2.45) is 0 Å². The van der Waals surface area contributed by atoms with Crippen molar-refractivity contribution in [2.75, 3.05) is 12.4 Å². The van der Waals surface area contributed by atoms with Gasteiger partial charge in [0.25, 0.3) is 0 Å². The summed E-state index contributed by atoms with van der Waals surface area (Å²) in [6.07, 6.45) is 0.441. The summed E-state index contributed by atoms with van der Waals surface area (Å²) in [4.78, 5) is 12.0. The fourth-order valence-electron chi connectivity index (χ4n) is 2.64. The van der Waals surface area contributed by atoms with Crippen LogP contribution in [0, 0.1) is 5.82 Å². The summed E-state index contributed by atoms with van der Waals surface area (Å²) in [5.41, 5.74) is -0.409. The third-order valence-corrected chi connectivity index (χ3v) is 5.92. The van der Waals surface area contributed by atoms with Crippen LogP contribution in [0.2, 0.25) is 5.02 Å². The number of benzene rings is 2. The van der Waals surface area contributed by atoms with Crippen LogP contribution < -0.4 is 4.74 Å². The van der Waals surface area contributed by atoms with Gasteiger partial charge in [0.15, 0.2) is 16.4 Å². The number of sulfone groups is 1. The van der Waals surface area contributed by atoms with Gasteiger partial charge in [0, 0.05) is 16.1 Å². The van der Waals surface area contributed by atoms with Crippen molar-refractivity contribution >= 4 is 27.4 Å². The standard InChI is InChI=1S/C21H24ClFO5S/c1-5-10-29(25,26)15-7-8-18(23)16(12-15)17-11-14(22)6-9-19(17)27-13-20(24)28-21(2,3)4/h6-9,11-12H,5,10,13H2,1-4H3. The summed E-state index contributed by atoms with van der Waals surface area (Å²) in [6, 6.07) is 8.07. The Kier molecular flexibility index (Phi) is 7.30. The molecule has 0 amide bonds. The van der Waals surface area contributed by atoms with Crippen LogP contribution >= 0.6 is 11.6 Å². The lowest BCUT2D eigenvalue weighted by Gasteiger charge is -2.20. The summed E-state index contributed by atoms with van der Waals surface area (Å²) >= 11 is 6.06. The Bertz CT molecular complexity index is 997. The van der Waals surface area contributed by atoms with Gasteiger partial charge in [0.05, 0.1) is 10.6 Å². The van der Waals surface area contributed by atoms with E-state index in [0.29, 0.717) is 11.4 Å². The zero-order valence-corrected chi connectivity index (χ0v) is 18.4. The number of carbonyl (C=O) groups is 1. The first-order chi connectivity index (χ1) is 13.4. The lowest BCUT2D eigenvalue weighted by atomic mass is 10.0. The molecule has 29 heavy (non-hydrogen) atoms. The van der Waals surface area contributed by atoms with Gasteiger partial charge in [-0.1, -0.05) is 18.5 Å². The number of esters is 1. The lowest BCUT2D eigenvalue weighted by molar-refractivity contribution is -0.157. The number of hydrogen-bond acceptors (Lipinski definition) is 5. The summed E-state index contributed by atoms with van der Waals surface area (Å²) < 4.78 is 50.1. The Balaban J connectivity index is 2.42.